The van der Waals surface area contributed by atoms with E-state index in [-0.39, 0.29) is 23.0 Å². The third-order valence-corrected chi connectivity index (χ3v) is 3.73. The molecule has 0 heterocycles. The van der Waals surface area contributed by atoms with Gasteiger partial charge in [-0.25, -0.2) is 9.59 Å². The Balaban J connectivity index is 2.80. The van der Waals surface area contributed by atoms with Crippen LogP contribution < -0.4 is 29.6 Å². The van der Waals surface area contributed by atoms with E-state index in [2.05, 4.69) is 10.6 Å². The number of carbonyl (C=O) groups excluding carboxylic acids is 2. The predicted octanol–water partition coefficient (Wildman–Crippen LogP) is 3.85. The second-order valence-electron chi connectivity index (χ2n) is 5.84. The molecule has 0 atom stereocenters. The summed E-state index contributed by atoms with van der Waals surface area (Å²) >= 11 is 0. The number of rotatable bonds is 8. The molecule has 0 aliphatic rings. The van der Waals surface area contributed by atoms with Crippen molar-refractivity contribution in [3.63, 3.8) is 0 Å². The van der Waals surface area contributed by atoms with Crippen LogP contribution in [-0.4, -0.2) is 39.5 Å². The van der Waals surface area contributed by atoms with E-state index in [0.29, 0.717) is 24.0 Å². The zero-order valence-corrected chi connectivity index (χ0v) is 16.6. The minimum Gasteiger partial charge on any atom is -0.486 e. The highest BCUT2D eigenvalue weighted by Crippen LogP contribution is 2.51. The van der Waals surface area contributed by atoms with Crippen molar-refractivity contribution >= 4 is 23.0 Å². The smallest absolute Gasteiger partial charge is 0.412 e. The van der Waals surface area contributed by atoms with Crippen LogP contribution in [-0.2, 0) is 0 Å². The van der Waals surface area contributed by atoms with Crippen molar-refractivity contribution in [2.24, 2.45) is 0 Å². The van der Waals surface area contributed by atoms with Gasteiger partial charge in [-0.2, -0.15) is 0 Å². The van der Waals surface area contributed by atoms with Crippen molar-refractivity contribution in [1.29, 1.82) is 0 Å². The van der Waals surface area contributed by atoms with Crippen molar-refractivity contribution in [3.8, 4) is 23.0 Å². The number of amides is 2. The lowest BCUT2D eigenvalue weighted by Gasteiger charge is -2.21. The Labute approximate surface area is 164 Å². The Hall–Kier alpha value is -3.16. The molecule has 2 aromatic rings. The van der Waals surface area contributed by atoms with Crippen molar-refractivity contribution in [2.75, 3.05) is 27.3 Å². The van der Waals surface area contributed by atoms with Crippen molar-refractivity contribution < 1.29 is 28.5 Å². The highest BCUT2D eigenvalue weighted by molar-refractivity contribution is 6.01. The van der Waals surface area contributed by atoms with Crippen LogP contribution in [0.3, 0.4) is 0 Å². The Morgan fingerprint density at radius 1 is 0.750 bits per heavy atom. The maximum Gasteiger partial charge on any atom is 0.412 e. The van der Waals surface area contributed by atoms with Crippen LogP contribution in [0.1, 0.15) is 26.7 Å². The number of ether oxygens (including phenoxy) is 4. The quantitative estimate of drug-likeness (QED) is 0.711. The Morgan fingerprint density at radius 3 is 1.46 bits per heavy atom. The summed E-state index contributed by atoms with van der Waals surface area (Å²) in [5.41, 5.74) is 0. The third-order valence-electron chi connectivity index (χ3n) is 3.73. The lowest BCUT2D eigenvalue weighted by atomic mass is 10.1. The molecule has 2 aromatic carbocycles. The molecule has 0 aliphatic heterocycles. The van der Waals surface area contributed by atoms with Gasteiger partial charge in [0, 0.05) is 24.9 Å². The SMILES string of the molecule is CCCOc1c(OCCC)c(OC(=O)NC)c2ccccc2c1OC(=O)NC. The molecule has 2 amide bonds. The third kappa shape index (κ3) is 4.76. The summed E-state index contributed by atoms with van der Waals surface area (Å²) in [7, 11) is 2.93. The maximum atomic E-state index is 12.0. The molecule has 0 aliphatic carbocycles. The van der Waals surface area contributed by atoms with Gasteiger partial charge in [-0.15, -0.1) is 0 Å². The number of hydrogen-bond donors (Lipinski definition) is 2. The highest BCUT2D eigenvalue weighted by atomic mass is 16.6. The minimum atomic E-state index is -0.645. The van der Waals surface area contributed by atoms with Gasteiger partial charge < -0.3 is 29.6 Å². The van der Waals surface area contributed by atoms with Crippen molar-refractivity contribution in [2.45, 2.75) is 26.7 Å². The number of nitrogens with one attached hydrogen (secondary N) is 2. The average molecular weight is 390 g/mol. The summed E-state index contributed by atoms with van der Waals surface area (Å²) in [6, 6.07) is 7.09. The van der Waals surface area contributed by atoms with Gasteiger partial charge in [-0.05, 0) is 12.8 Å². The Bertz CT molecular complexity index is 769. The first kappa shape index (κ1) is 21.1. The molecule has 0 fully saturated rings. The molecule has 0 bridgehead atoms. The molecular weight excluding hydrogens is 364 g/mol. The van der Waals surface area contributed by atoms with E-state index in [0.717, 1.165) is 12.8 Å². The number of carbonyl (C=O) groups is 2. The van der Waals surface area contributed by atoms with Crippen LogP contribution in [0.25, 0.3) is 10.8 Å². The summed E-state index contributed by atoms with van der Waals surface area (Å²) in [4.78, 5) is 23.9. The van der Waals surface area contributed by atoms with E-state index in [1.807, 2.05) is 13.8 Å². The normalized spacial score (nSPS) is 10.3. The van der Waals surface area contributed by atoms with Gasteiger partial charge in [0.1, 0.15) is 0 Å². The van der Waals surface area contributed by atoms with Crippen LogP contribution in [0.15, 0.2) is 24.3 Å². The van der Waals surface area contributed by atoms with E-state index < -0.39 is 12.2 Å². The predicted molar refractivity (Wildman–Crippen MR) is 106 cm³/mol. The van der Waals surface area contributed by atoms with Crippen molar-refractivity contribution in [1.82, 2.24) is 10.6 Å². The Morgan fingerprint density at radius 2 is 1.14 bits per heavy atom. The largest absolute Gasteiger partial charge is 0.486 e. The molecule has 0 spiro atoms. The van der Waals surface area contributed by atoms with Gasteiger partial charge >= 0.3 is 12.2 Å². The van der Waals surface area contributed by atoms with E-state index in [1.54, 1.807) is 24.3 Å². The van der Waals surface area contributed by atoms with Gasteiger partial charge in [0.25, 0.3) is 0 Å². The lowest BCUT2D eigenvalue weighted by Crippen LogP contribution is -2.24. The molecule has 2 N–H and O–H groups in total. The van der Waals surface area contributed by atoms with E-state index in [9.17, 15) is 9.59 Å². The summed E-state index contributed by atoms with van der Waals surface area (Å²) in [5.74, 6) is 0.852. The average Bonchev–Trinajstić information content (AvgIpc) is 2.72. The highest BCUT2D eigenvalue weighted by Gasteiger charge is 2.27. The van der Waals surface area contributed by atoms with Crippen LogP contribution in [0.2, 0.25) is 0 Å². The van der Waals surface area contributed by atoms with Gasteiger partial charge in [0.05, 0.1) is 13.2 Å². The number of fused-ring (bicyclic) bond motifs is 1. The van der Waals surface area contributed by atoms with Crippen molar-refractivity contribution in [3.05, 3.63) is 24.3 Å². The fraction of sp³-hybridized carbons (Fsp3) is 0.400. The minimum absolute atomic E-state index is 0.207. The first-order valence-electron chi connectivity index (χ1n) is 9.20. The van der Waals surface area contributed by atoms with Crippen LogP contribution >= 0.6 is 0 Å². The van der Waals surface area contributed by atoms with E-state index >= 15 is 0 Å². The monoisotopic (exact) mass is 390 g/mol. The molecule has 2 rings (SSSR count). The molecular formula is C20H26N2O6. The molecule has 28 heavy (non-hydrogen) atoms. The van der Waals surface area contributed by atoms with Crippen LogP contribution in [0.4, 0.5) is 9.59 Å². The summed E-state index contributed by atoms with van der Waals surface area (Å²) < 4.78 is 22.8. The fourth-order valence-electron chi connectivity index (χ4n) is 2.49. The zero-order valence-electron chi connectivity index (χ0n) is 16.6. The molecule has 8 nitrogen and oxygen atoms in total. The topological polar surface area (TPSA) is 95.1 Å². The molecule has 0 aromatic heterocycles. The number of benzene rings is 2. The first-order chi connectivity index (χ1) is 13.6. The molecule has 0 unspecified atom stereocenters. The molecule has 0 saturated carbocycles. The van der Waals surface area contributed by atoms with Gasteiger partial charge in [0.15, 0.2) is 11.5 Å². The molecule has 8 heteroatoms. The van der Waals surface area contributed by atoms with Gasteiger partial charge in [-0.1, -0.05) is 38.1 Å². The fourth-order valence-corrected chi connectivity index (χ4v) is 2.49. The maximum absolute atomic E-state index is 12.0. The van der Waals surface area contributed by atoms with Crippen LogP contribution in [0, 0.1) is 0 Å². The number of hydrogen-bond acceptors (Lipinski definition) is 6. The van der Waals surface area contributed by atoms with Gasteiger partial charge in [0.2, 0.25) is 11.5 Å². The molecule has 152 valence electrons. The van der Waals surface area contributed by atoms with E-state index in [1.165, 1.54) is 14.1 Å². The first-order valence-corrected chi connectivity index (χ1v) is 9.20. The second-order valence-corrected chi connectivity index (χ2v) is 5.84. The van der Waals surface area contributed by atoms with E-state index in [4.69, 9.17) is 18.9 Å². The molecule has 0 radical (unpaired) electrons. The van der Waals surface area contributed by atoms with Crippen LogP contribution in [0.5, 0.6) is 23.0 Å². The summed E-state index contributed by atoms with van der Waals surface area (Å²) in [6.45, 7) is 4.64. The second kappa shape index (κ2) is 10.2. The summed E-state index contributed by atoms with van der Waals surface area (Å²) in [5, 5.41) is 5.97. The lowest BCUT2D eigenvalue weighted by molar-refractivity contribution is 0.193. The zero-order chi connectivity index (χ0) is 20.5. The Kier molecular flexibility index (Phi) is 7.74. The molecule has 0 saturated heterocycles. The standard InChI is InChI=1S/C20H26N2O6/c1-5-11-25-17-15(27-19(23)21-3)13-9-7-8-10-14(13)16(28-20(24)22-4)18(17)26-12-6-2/h7-10H,5-6,11-12H2,1-4H3,(H,21,23)(H,22,24). The van der Waals surface area contributed by atoms with Gasteiger partial charge in [-0.3, -0.25) is 0 Å². The summed E-state index contributed by atoms with van der Waals surface area (Å²) in [6.07, 6.45) is 0.164.